The molecule has 1 aliphatic rings. The number of benzene rings is 1. The number of para-hydroxylation sites is 1. The molecule has 1 aromatic rings. The third-order valence-corrected chi connectivity index (χ3v) is 2.38. The predicted molar refractivity (Wildman–Crippen MR) is 58.5 cm³/mol. The first-order valence-electron chi connectivity index (χ1n) is 4.85. The van der Waals surface area contributed by atoms with Gasteiger partial charge in [0, 0.05) is 5.56 Å². The van der Waals surface area contributed by atoms with E-state index in [9.17, 15) is 4.79 Å². The molecule has 0 saturated heterocycles. The second-order valence-electron chi connectivity index (χ2n) is 3.33. The molecule has 0 aliphatic carbocycles. The molecule has 0 aromatic heterocycles. The molecule has 0 atom stereocenters. The summed E-state index contributed by atoms with van der Waals surface area (Å²) >= 11 is 0. The van der Waals surface area contributed by atoms with Crippen LogP contribution in [0.2, 0.25) is 0 Å². The zero-order valence-electron chi connectivity index (χ0n) is 9.15. The van der Waals surface area contributed by atoms with Gasteiger partial charge in [-0.2, -0.15) is 0 Å². The number of methoxy groups -OCH3 is 2. The zero-order chi connectivity index (χ0) is 11.5. The van der Waals surface area contributed by atoms with Crippen LogP contribution in [-0.4, -0.2) is 26.8 Å². The topological polar surface area (TPSA) is 44.8 Å². The van der Waals surface area contributed by atoms with E-state index < -0.39 is 0 Å². The predicted octanol–water partition coefficient (Wildman–Crippen LogP) is 1.64. The first kappa shape index (κ1) is 10.5. The van der Waals surface area contributed by atoms with E-state index in [1.54, 1.807) is 13.2 Å². The number of fused-ring (bicyclic) bond motifs is 1. The maximum Gasteiger partial charge on any atom is 0.337 e. The molecule has 0 fully saturated rings. The van der Waals surface area contributed by atoms with Crippen molar-refractivity contribution in [1.82, 2.24) is 0 Å². The van der Waals surface area contributed by atoms with Gasteiger partial charge in [0.05, 0.1) is 19.8 Å². The van der Waals surface area contributed by atoms with Crippen molar-refractivity contribution in [2.45, 2.75) is 0 Å². The minimum atomic E-state index is -0.367. The van der Waals surface area contributed by atoms with Crippen LogP contribution in [0, 0.1) is 0 Å². The van der Waals surface area contributed by atoms with Crippen LogP contribution < -0.4 is 9.47 Å². The number of carbonyl (C=O) groups excluding carboxylic acids is 1. The van der Waals surface area contributed by atoms with Crippen LogP contribution in [0.15, 0.2) is 23.8 Å². The number of rotatable bonds is 2. The van der Waals surface area contributed by atoms with E-state index >= 15 is 0 Å². The minimum Gasteiger partial charge on any atom is -0.493 e. The van der Waals surface area contributed by atoms with Crippen LogP contribution in [-0.2, 0) is 9.53 Å². The quantitative estimate of drug-likeness (QED) is 0.711. The third kappa shape index (κ3) is 1.74. The Morgan fingerprint density at radius 2 is 2.19 bits per heavy atom. The summed E-state index contributed by atoms with van der Waals surface area (Å²) in [5.41, 5.74) is 1.33. The molecule has 1 aliphatic heterocycles. The number of carbonyl (C=O) groups is 1. The molecule has 0 bridgehead atoms. The molecule has 16 heavy (non-hydrogen) atoms. The van der Waals surface area contributed by atoms with Crippen LogP contribution in [0.3, 0.4) is 0 Å². The highest BCUT2D eigenvalue weighted by Crippen LogP contribution is 2.35. The second kappa shape index (κ2) is 4.26. The Hall–Kier alpha value is -1.97. The van der Waals surface area contributed by atoms with Crippen molar-refractivity contribution >= 4 is 12.0 Å². The summed E-state index contributed by atoms with van der Waals surface area (Å²) in [6.45, 7) is 0.208. The molecule has 2 rings (SSSR count). The fraction of sp³-hybridized carbons (Fsp3) is 0.250. The largest absolute Gasteiger partial charge is 0.493 e. The maximum absolute atomic E-state index is 11.3. The molecule has 0 spiro atoms. The normalized spacial score (nSPS) is 13.2. The van der Waals surface area contributed by atoms with Crippen LogP contribution in [0.5, 0.6) is 11.5 Å². The van der Waals surface area contributed by atoms with Crippen LogP contribution in [0.25, 0.3) is 6.08 Å². The second-order valence-corrected chi connectivity index (χ2v) is 3.33. The Morgan fingerprint density at radius 1 is 1.38 bits per heavy atom. The highest BCUT2D eigenvalue weighted by Gasteiger charge is 2.19. The van der Waals surface area contributed by atoms with Crippen molar-refractivity contribution in [1.29, 1.82) is 0 Å². The Kier molecular flexibility index (Phi) is 2.81. The van der Waals surface area contributed by atoms with Crippen molar-refractivity contribution in [2.24, 2.45) is 0 Å². The smallest absolute Gasteiger partial charge is 0.337 e. The molecule has 0 N–H and O–H groups in total. The van der Waals surface area contributed by atoms with Gasteiger partial charge in [0.2, 0.25) is 0 Å². The van der Waals surface area contributed by atoms with E-state index in [1.165, 1.54) is 7.11 Å². The molecule has 4 heteroatoms. The molecular weight excluding hydrogens is 208 g/mol. The number of hydrogen-bond acceptors (Lipinski definition) is 4. The summed E-state index contributed by atoms with van der Waals surface area (Å²) in [7, 11) is 2.93. The average molecular weight is 220 g/mol. The summed E-state index contributed by atoms with van der Waals surface area (Å²) in [5, 5.41) is 0. The average Bonchev–Trinajstić information content (AvgIpc) is 2.36. The molecule has 0 amide bonds. The Labute approximate surface area is 93.4 Å². The van der Waals surface area contributed by atoms with Crippen molar-refractivity contribution in [3.05, 3.63) is 29.3 Å². The highest BCUT2D eigenvalue weighted by molar-refractivity contribution is 5.95. The molecule has 1 aromatic carbocycles. The molecule has 0 saturated carbocycles. The lowest BCUT2D eigenvalue weighted by molar-refractivity contribution is -0.136. The SMILES string of the molecule is COC(=O)C1=Cc2cccc(OC)c2OC1. The van der Waals surface area contributed by atoms with Gasteiger partial charge in [-0.25, -0.2) is 4.79 Å². The first-order valence-corrected chi connectivity index (χ1v) is 4.85. The van der Waals surface area contributed by atoms with Gasteiger partial charge in [0.15, 0.2) is 11.5 Å². The lowest BCUT2D eigenvalue weighted by Gasteiger charge is -2.18. The van der Waals surface area contributed by atoms with Gasteiger partial charge in [-0.1, -0.05) is 12.1 Å². The maximum atomic E-state index is 11.3. The molecule has 0 radical (unpaired) electrons. The van der Waals surface area contributed by atoms with Gasteiger partial charge in [0.25, 0.3) is 0 Å². The van der Waals surface area contributed by atoms with E-state index in [0.717, 1.165) is 5.56 Å². The van der Waals surface area contributed by atoms with Gasteiger partial charge in [-0.15, -0.1) is 0 Å². The summed E-state index contributed by atoms with van der Waals surface area (Å²) < 4.78 is 15.3. The van der Waals surface area contributed by atoms with Crippen molar-refractivity contribution in [2.75, 3.05) is 20.8 Å². The van der Waals surface area contributed by atoms with E-state index in [4.69, 9.17) is 9.47 Å². The molecule has 1 heterocycles. The van der Waals surface area contributed by atoms with E-state index in [0.29, 0.717) is 17.1 Å². The first-order chi connectivity index (χ1) is 7.76. The van der Waals surface area contributed by atoms with E-state index in [1.807, 2.05) is 18.2 Å². The van der Waals surface area contributed by atoms with Crippen molar-refractivity contribution in [3.8, 4) is 11.5 Å². The van der Waals surface area contributed by atoms with Gasteiger partial charge in [0.1, 0.15) is 6.61 Å². The van der Waals surface area contributed by atoms with Crippen molar-refractivity contribution < 1.29 is 19.0 Å². The minimum absolute atomic E-state index is 0.208. The summed E-state index contributed by atoms with van der Waals surface area (Å²) in [6, 6.07) is 5.52. The standard InChI is InChI=1S/C12H12O4/c1-14-10-5-3-4-8-6-9(12(13)15-2)7-16-11(8)10/h3-6H,7H2,1-2H3. The molecular formula is C12H12O4. The van der Waals surface area contributed by atoms with Gasteiger partial charge in [-0.05, 0) is 12.1 Å². The fourth-order valence-electron chi connectivity index (χ4n) is 1.59. The fourth-order valence-corrected chi connectivity index (χ4v) is 1.59. The number of ether oxygens (including phenoxy) is 3. The number of hydrogen-bond donors (Lipinski definition) is 0. The van der Waals surface area contributed by atoms with Crippen LogP contribution in [0.1, 0.15) is 5.56 Å². The lowest BCUT2D eigenvalue weighted by Crippen LogP contribution is -2.16. The van der Waals surface area contributed by atoms with E-state index in [-0.39, 0.29) is 12.6 Å². The summed E-state index contributed by atoms with van der Waals surface area (Å²) in [5.74, 6) is 0.962. The third-order valence-electron chi connectivity index (χ3n) is 2.38. The molecule has 4 nitrogen and oxygen atoms in total. The Bertz CT molecular complexity index is 448. The van der Waals surface area contributed by atoms with Gasteiger partial charge in [-0.3, -0.25) is 0 Å². The Morgan fingerprint density at radius 3 is 2.88 bits per heavy atom. The lowest BCUT2D eigenvalue weighted by atomic mass is 10.1. The highest BCUT2D eigenvalue weighted by atomic mass is 16.5. The van der Waals surface area contributed by atoms with Crippen LogP contribution in [0.4, 0.5) is 0 Å². The number of esters is 1. The van der Waals surface area contributed by atoms with E-state index in [2.05, 4.69) is 4.74 Å². The van der Waals surface area contributed by atoms with Crippen LogP contribution >= 0.6 is 0 Å². The molecule has 84 valence electrons. The summed E-state index contributed by atoms with van der Waals surface area (Å²) in [6.07, 6.45) is 1.76. The Balaban J connectivity index is 2.41. The van der Waals surface area contributed by atoms with Gasteiger partial charge < -0.3 is 14.2 Å². The summed E-state index contributed by atoms with van der Waals surface area (Å²) in [4.78, 5) is 11.3. The monoisotopic (exact) mass is 220 g/mol. The van der Waals surface area contributed by atoms with Gasteiger partial charge >= 0.3 is 5.97 Å². The zero-order valence-corrected chi connectivity index (χ0v) is 9.15. The molecule has 0 unspecified atom stereocenters. The van der Waals surface area contributed by atoms with Crippen molar-refractivity contribution in [3.63, 3.8) is 0 Å².